The maximum absolute atomic E-state index is 12.2. The summed E-state index contributed by atoms with van der Waals surface area (Å²) in [6, 6.07) is 11.7. The minimum Gasteiger partial charge on any atom is -0.383 e. The molecule has 0 aliphatic carbocycles. The second-order valence-electron chi connectivity index (χ2n) is 4.74. The summed E-state index contributed by atoms with van der Waals surface area (Å²) >= 11 is 0. The molecular formula is C16H16N4O2. The molecular weight excluding hydrogens is 280 g/mol. The van der Waals surface area contributed by atoms with E-state index in [0.29, 0.717) is 24.4 Å². The molecule has 0 bridgehead atoms. The lowest BCUT2D eigenvalue weighted by Gasteiger charge is -2.05. The number of fused-ring (bicyclic) bond motifs is 1. The van der Waals surface area contributed by atoms with Gasteiger partial charge in [0.15, 0.2) is 5.65 Å². The molecule has 6 nitrogen and oxygen atoms in total. The summed E-state index contributed by atoms with van der Waals surface area (Å²) in [5.41, 5.74) is 2.90. The molecule has 0 saturated carbocycles. The van der Waals surface area contributed by atoms with Crippen molar-refractivity contribution in [3.05, 3.63) is 54.4 Å². The highest BCUT2D eigenvalue weighted by molar-refractivity contribution is 5.99. The molecule has 0 aliphatic heterocycles. The number of amides is 1. The van der Waals surface area contributed by atoms with Gasteiger partial charge in [0, 0.05) is 25.4 Å². The van der Waals surface area contributed by atoms with Gasteiger partial charge in [-0.3, -0.25) is 4.79 Å². The molecule has 0 spiro atoms. The van der Waals surface area contributed by atoms with Gasteiger partial charge in [0.1, 0.15) is 5.56 Å². The molecule has 1 amide bonds. The topological polar surface area (TPSA) is 68.5 Å². The third kappa shape index (κ3) is 2.68. The molecule has 112 valence electrons. The molecule has 0 radical (unpaired) electrons. The maximum atomic E-state index is 12.2. The molecule has 0 unspecified atom stereocenters. The molecule has 22 heavy (non-hydrogen) atoms. The van der Waals surface area contributed by atoms with Crippen LogP contribution in [0.15, 0.2) is 48.8 Å². The lowest BCUT2D eigenvalue weighted by atomic mass is 10.1. The van der Waals surface area contributed by atoms with E-state index >= 15 is 0 Å². The van der Waals surface area contributed by atoms with Crippen LogP contribution >= 0.6 is 0 Å². The predicted molar refractivity (Wildman–Crippen MR) is 82.6 cm³/mol. The van der Waals surface area contributed by atoms with Crippen molar-refractivity contribution in [2.24, 2.45) is 0 Å². The molecule has 3 rings (SSSR count). The normalized spacial score (nSPS) is 10.8. The van der Waals surface area contributed by atoms with Gasteiger partial charge in [-0.2, -0.15) is 5.10 Å². The van der Waals surface area contributed by atoms with Crippen LogP contribution in [-0.4, -0.2) is 40.8 Å². The summed E-state index contributed by atoms with van der Waals surface area (Å²) in [5.74, 6) is -0.204. The van der Waals surface area contributed by atoms with Gasteiger partial charge in [-0.15, -0.1) is 0 Å². The predicted octanol–water partition coefficient (Wildman–Crippen LogP) is 1.77. The fraction of sp³-hybridized carbons (Fsp3) is 0.188. The van der Waals surface area contributed by atoms with Gasteiger partial charge in [-0.1, -0.05) is 30.3 Å². The molecule has 6 heteroatoms. The number of methoxy groups -OCH3 is 1. The Morgan fingerprint density at radius 2 is 2.09 bits per heavy atom. The molecule has 0 fully saturated rings. The van der Waals surface area contributed by atoms with Gasteiger partial charge in [0.25, 0.3) is 5.91 Å². The molecule has 1 aromatic carbocycles. The second kappa shape index (κ2) is 6.36. The van der Waals surface area contributed by atoms with Crippen molar-refractivity contribution in [3.63, 3.8) is 0 Å². The average Bonchev–Trinajstić information content (AvgIpc) is 3.00. The number of ether oxygens (including phenoxy) is 1. The highest BCUT2D eigenvalue weighted by atomic mass is 16.5. The van der Waals surface area contributed by atoms with Crippen LogP contribution in [0.3, 0.4) is 0 Å². The molecule has 3 aromatic rings. The van der Waals surface area contributed by atoms with Crippen molar-refractivity contribution in [2.75, 3.05) is 20.3 Å². The van der Waals surface area contributed by atoms with Crippen LogP contribution in [0.4, 0.5) is 0 Å². The number of nitrogens with one attached hydrogen (secondary N) is 1. The first-order valence-corrected chi connectivity index (χ1v) is 6.96. The second-order valence-corrected chi connectivity index (χ2v) is 4.74. The first-order valence-electron chi connectivity index (χ1n) is 6.96. The Kier molecular flexibility index (Phi) is 4.11. The van der Waals surface area contributed by atoms with E-state index in [0.717, 1.165) is 11.3 Å². The SMILES string of the molecule is COCCNC(=O)c1cnn2c(-c3ccccc3)ccnc12. The van der Waals surface area contributed by atoms with Crippen LogP contribution in [0.5, 0.6) is 0 Å². The summed E-state index contributed by atoms with van der Waals surface area (Å²) < 4.78 is 6.60. The third-order valence-electron chi connectivity index (χ3n) is 3.31. The van der Waals surface area contributed by atoms with Crippen molar-refractivity contribution >= 4 is 11.6 Å². The number of carbonyl (C=O) groups excluding carboxylic acids is 1. The molecule has 0 atom stereocenters. The fourth-order valence-corrected chi connectivity index (χ4v) is 2.24. The van der Waals surface area contributed by atoms with Crippen molar-refractivity contribution in [1.82, 2.24) is 19.9 Å². The van der Waals surface area contributed by atoms with Crippen LogP contribution in [0.25, 0.3) is 16.9 Å². The van der Waals surface area contributed by atoms with Gasteiger partial charge in [-0.25, -0.2) is 9.50 Å². The molecule has 0 saturated heterocycles. The Labute approximate surface area is 127 Å². The Bertz CT molecular complexity index is 783. The molecule has 0 aliphatic rings. The zero-order valence-electron chi connectivity index (χ0n) is 12.2. The number of hydrogen-bond acceptors (Lipinski definition) is 4. The largest absolute Gasteiger partial charge is 0.383 e. The summed E-state index contributed by atoms with van der Waals surface area (Å²) in [5, 5.41) is 7.09. The third-order valence-corrected chi connectivity index (χ3v) is 3.31. The number of rotatable bonds is 5. The smallest absolute Gasteiger partial charge is 0.256 e. The number of hydrogen-bond donors (Lipinski definition) is 1. The van der Waals surface area contributed by atoms with Crippen molar-refractivity contribution in [2.45, 2.75) is 0 Å². The van der Waals surface area contributed by atoms with E-state index in [9.17, 15) is 4.79 Å². The van der Waals surface area contributed by atoms with Crippen LogP contribution in [0.1, 0.15) is 10.4 Å². The number of benzene rings is 1. The lowest BCUT2D eigenvalue weighted by Crippen LogP contribution is -2.26. The summed E-state index contributed by atoms with van der Waals surface area (Å²) in [7, 11) is 1.59. The van der Waals surface area contributed by atoms with E-state index in [2.05, 4.69) is 15.4 Å². The monoisotopic (exact) mass is 296 g/mol. The Hall–Kier alpha value is -2.73. The van der Waals surface area contributed by atoms with E-state index in [-0.39, 0.29) is 5.91 Å². The van der Waals surface area contributed by atoms with E-state index in [1.807, 2.05) is 36.4 Å². The van der Waals surface area contributed by atoms with Crippen LogP contribution in [0.2, 0.25) is 0 Å². The standard InChI is InChI=1S/C16H16N4O2/c1-22-10-9-18-16(21)13-11-19-20-14(7-8-17-15(13)20)12-5-3-2-4-6-12/h2-8,11H,9-10H2,1H3,(H,18,21). The molecule has 2 aromatic heterocycles. The minimum atomic E-state index is -0.204. The maximum Gasteiger partial charge on any atom is 0.256 e. The number of nitrogens with zero attached hydrogens (tertiary/aromatic N) is 3. The van der Waals surface area contributed by atoms with Gasteiger partial charge in [-0.05, 0) is 6.07 Å². The van der Waals surface area contributed by atoms with Crippen molar-refractivity contribution < 1.29 is 9.53 Å². The van der Waals surface area contributed by atoms with Gasteiger partial charge in [0.2, 0.25) is 0 Å². The first kappa shape index (κ1) is 14.2. The van der Waals surface area contributed by atoms with Gasteiger partial charge in [0.05, 0.1) is 18.5 Å². The highest BCUT2D eigenvalue weighted by Gasteiger charge is 2.15. The number of aromatic nitrogens is 3. The highest BCUT2D eigenvalue weighted by Crippen LogP contribution is 2.20. The minimum absolute atomic E-state index is 0.204. The zero-order valence-corrected chi connectivity index (χ0v) is 12.2. The van der Waals surface area contributed by atoms with Crippen LogP contribution < -0.4 is 5.32 Å². The Morgan fingerprint density at radius 1 is 1.27 bits per heavy atom. The van der Waals surface area contributed by atoms with Gasteiger partial charge >= 0.3 is 0 Å². The fourth-order valence-electron chi connectivity index (χ4n) is 2.24. The lowest BCUT2D eigenvalue weighted by molar-refractivity contribution is 0.0938. The van der Waals surface area contributed by atoms with Gasteiger partial charge < -0.3 is 10.1 Å². The summed E-state index contributed by atoms with van der Waals surface area (Å²) in [6.07, 6.45) is 3.22. The molecule has 2 heterocycles. The van der Waals surface area contributed by atoms with Crippen molar-refractivity contribution in [1.29, 1.82) is 0 Å². The van der Waals surface area contributed by atoms with Crippen LogP contribution in [0, 0.1) is 0 Å². The first-order chi connectivity index (χ1) is 10.8. The van der Waals surface area contributed by atoms with Crippen molar-refractivity contribution in [3.8, 4) is 11.3 Å². The number of carbonyl (C=O) groups is 1. The Balaban J connectivity index is 1.97. The van der Waals surface area contributed by atoms with E-state index in [1.165, 1.54) is 6.20 Å². The quantitative estimate of drug-likeness (QED) is 0.729. The van der Waals surface area contributed by atoms with E-state index < -0.39 is 0 Å². The van der Waals surface area contributed by atoms with Crippen LogP contribution in [-0.2, 0) is 4.74 Å². The Morgan fingerprint density at radius 3 is 2.86 bits per heavy atom. The van der Waals surface area contributed by atoms with E-state index in [4.69, 9.17) is 4.74 Å². The average molecular weight is 296 g/mol. The molecule has 1 N–H and O–H groups in total. The zero-order chi connectivity index (χ0) is 15.4. The summed E-state index contributed by atoms with van der Waals surface area (Å²) in [4.78, 5) is 16.5. The van der Waals surface area contributed by atoms with E-state index in [1.54, 1.807) is 17.8 Å². The summed E-state index contributed by atoms with van der Waals surface area (Å²) in [6.45, 7) is 0.915.